The molecule has 12 heavy (non-hydrogen) atoms. The molecule has 0 bridgehead atoms. The lowest BCUT2D eigenvalue weighted by atomic mass is 10.3. The van der Waals surface area contributed by atoms with Gasteiger partial charge >= 0.3 is 0 Å². The summed E-state index contributed by atoms with van der Waals surface area (Å²) in [5.74, 6) is 0. The highest BCUT2D eigenvalue weighted by Gasteiger charge is 2.09. The topological polar surface area (TPSA) is 15.3 Å². The monoisotopic (exact) mass is 180 g/mol. The third-order valence-electron chi connectivity index (χ3n) is 1.78. The Balaban J connectivity index is 2.27. The van der Waals surface area contributed by atoms with Crippen LogP contribution in [-0.4, -0.2) is 6.54 Å². The first kappa shape index (κ1) is 7.50. The van der Waals surface area contributed by atoms with Gasteiger partial charge < -0.3 is 5.43 Å². The third kappa shape index (κ3) is 1.25. The molecule has 0 fully saturated rings. The number of hydrogen-bond donors (Lipinski definition) is 1. The molecule has 0 unspecified atom stereocenters. The maximum absolute atomic E-state index is 5.99. The molecule has 0 amide bonds. The molecule has 62 valence electrons. The number of para-hydroxylation sites is 1. The summed E-state index contributed by atoms with van der Waals surface area (Å²) < 4.78 is 0. The summed E-state index contributed by atoms with van der Waals surface area (Å²) in [7, 11) is 0. The van der Waals surface area contributed by atoms with Gasteiger partial charge in [0.25, 0.3) is 0 Å². The van der Waals surface area contributed by atoms with Crippen LogP contribution in [0, 0.1) is 0 Å². The lowest BCUT2D eigenvalue weighted by molar-refractivity contribution is 0.840. The molecule has 1 aromatic rings. The fraction of sp³-hybridized carbons (Fsp3) is 0.111. The third-order valence-corrected chi connectivity index (χ3v) is 2.10. The van der Waals surface area contributed by atoms with Crippen LogP contribution < -0.4 is 10.4 Å². The van der Waals surface area contributed by atoms with Crippen LogP contribution in [0.3, 0.4) is 0 Å². The van der Waals surface area contributed by atoms with Crippen molar-refractivity contribution in [3.63, 3.8) is 0 Å². The Labute approximate surface area is 76.4 Å². The average Bonchev–Trinajstić information content (AvgIpc) is 2.57. The van der Waals surface area contributed by atoms with Gasteiger partial charge in [-0.3, -0.25) is 5.01 Å². The van der Waals surface area contributed by atoms with E-state index in [1.165, 1.54) is 0 Å². The van der Waals surface area contributed by atoms with E-state index in [1.54, 1.807) is 0 Å². The first-order chi connectivity index (χ1) is 5.88. The Morgan fingerprint density at radius 1 is 1.33 bits per heavy atom. The predicted molar refractivity (Wildman–Crippen MR) is 51.1 cm³/mol. The fourth-order valence-corrected chi connectivity index (χ4v) is 1.43. The van der Waals surface area contributed by atoms with Crippen LogP contribution in [0.4, 0.5) is 5.69 Å². The van der Waals surface area contributed by atoms with Gasteiger partial charge in [-0.1, -0.05) is 23.7 Å². The summed E-state index contributed by atoms with van der Waals surface area (Å²) >= 11 is 5.99. The molecule has 0 aliphatic carbocycles. The van der Waals surface area contributed by atoms with E-state index in [2.05, 4.69) is 5.43 Å². The van der Waals surface area contributed by atoms with Gasteiger partial charge in [0.05, 0.1) is 17.3 Å². The smallest absolute Gasteiger partial charge is 0.0761 e. The highest BCUT2D eigenvalue weighted by atomic mass is 35.5. The minimum absolute atomic E-state index is 0.772. The largest absolute Gasteiger partial charge is 0.306 e. The Morgan fingerprint density at radius 3 is 2.83 bits per heavy atom. The van der Waals surface area contributed by atoms with Gasteiger partial charge in [0.2, 0.25) is 0 Å². The number of halogens is 1. The van der Waals surface area contributed by atoms with Crippen molar-refractivity contribution in [2.75, 3.05) is 11.6 Å². The maximum Gasteiger partial charge on any atom is 0.0761 e. The van der Waals surface area contributed by atoms with Crippen molar-refractivity contribution in [3.05, 3.63) is 41.6 Å². The Kier molecular flexibility index (Phi) is 1.92. The van der Waals surface area contributed by atoms with Crippen molar-refractivity contribution < 1.29 is 0 Å². The summed E-state index contributed by atoms with van der Waals surface area (Å²) in [6.07, 6.45) is 3.95. The predicted octanol–water partition coefficient (Wildman–Crippen LogP) is 2.18. The van der Waals surface area contributed by atoms with Gasteiger partial charge in [0, 0.05) is 6.20 Å². The van der Waals surface area contributed by atoms with E-state index in [4.69, 9.17) is 11.6 Å². The number of hydrazine groups is 1. The molecule has 0 atom stereocenters. The number of nitrogens with zero attached hydrogens (tertiary/aromatic N) is 1. The van der Waals surface area contributed by atoms with Crippen molar-refractivity contribution in [1.82, 2.24) is 5.43 Å². The Bertz CT molecular complexity index is 301. The zero-order valence-electron chi connectivity index (χ0n) is 6.50. The lowest BCUT2D eigenvalue weighted by Gasteiger charge is -2.19. The van der Waals surface area contributed by atoms with E-state index in [0.717, 1.165) is 17.3 Å². The SMILES string of the molecule is Clc1ccccc1N1CC=CN1. The van der Waals surface area contributed by atoms with E-state index in [0.29, 0.717) is 0 Å². The summed E-state index contributed by atoms with van der Waals surface area (Å²) in [6.45, 7) is 0.865. The molecular weight excluding hydrogens is 172 g/mol. The molecule has 2 nitrogen and oxygen atoms in total. The molecule has 0 aromatic heterocycles. The second-order valence-corrected chi connectivity index (χ2v) is 3.00. The minimum Gasteiger partial charge on any atom is -0.306 e. The number of hydrogen-bond acceptors (Lipinski definition) is 2. The Hall–Kier alpha value is -1.15. The highest BCUT2D eigenvalue weighted by Crippen LogP contribution is 2.24. The summed E-state index contributed by atoms with van der Waals surface area (Å²) in [4.78, 5) is 0. The van der Waals surface area contributed by atoms with E-state index < -0.39 is 0 Å². The number of nitrogens with one attached hydrogen (secondary N) is 1. The van der Waals surface area contributed by atoms with Gasteiger partial charge in [-0.05, 0) is 18.2 Å². The molecule has 0 saturated carbocycles. The molecule has 0 radical (unpaired) electrons. The average molecular weight is 181 g/mol. The van der Waals surface area contributed by atoms with Crippen LogP contribution in [-0.2, 0) is 0 Å². The quantitative estimate of drug-likeness (QED) is 0.713. The van der Waals surface area contributed by atoms with E-state index in [9.17, 15) is 0 Å². The minimum atomic E-state index is 0.772. The molecular formula is C9H9ClN2. The molecule has 1 heterocycles. The van der Waals surface area contributed by atoms with Crippen LogP contribution in [0.25, 0.3) is 0 Å². The second-order valence-electron chi connectivity index (χ2n) is 2.59. The standard InChI is InChI=1S/C9H9ClN2/c10-8-4-1-2-5-9(8)12-7-3-6-11-12/h1-6,11H,7H2. The van der Waals surface area contributed by atoms with Crippen LogP contribution in [0.5, 0.6) is 0 Å². The van der Waals surface area contributed by atoms with E-state index in [-0.39, 0.29) is 0 Å². The van der Waals surface area contributed by atoms with Gasteiger partial charge in [0.15, 0.2) is 0 Å². The van der Waals surface area contributed by atoms with Crippen LogP contribution in [0.1, 0.15) is 0 Å². The number of benzene rings is 1. The lowest BCUT2D eigenvalue weighted by Crippen LogP contribution is -2.29. The van der Waals surface area contributed by atoms with E-state index in [1.807, 2.05) is 41.6 Å². The van der Waals surface area contributed by atoms with Gasteiger partial charge in [-0.25, -0.2) is 0 Å². The van der Waals surface area contributed by atoms with Gasteiger partial charge in [-0.15, -0.1) is 0 Å². The molecule has 1 aromatic carbocycles. The molecule has 0 spiro atoms. The molecule has 1 N–H and O–H groups in total. The molecule has 1 aliphatic heterocycles. The van der Waals surface area contributed by atoms with Crippen molar-refractivity contribution in [2.45, 2.75) is 0 Å². The molecule has 1 aliphatic rings. The summed E-state index contributed by atoms with van der Waals surface area (Å²) in [5, 5.41) is 2.76. The van der Waals surface area contributed by atoms with Gasteiger partial charge in [0.1, 0.15) is 0 Å². The fourth-order valence-electron chi connectivity index (χ4n) is 1.19. The van der Waals surface area contributed by atoms with Crippen LogP contribution in [0.2, 0.25) is 5.02 Å². The van der Waals surface area contributed by atoms with Crippen LogP contribution >= 0.6 is 11.6 Å². The van der Waals surface area contributed by atoms with Crippen molar-refractivity contribution >= 4 is 17.3 Å². The Morgan fingerprint density at radius 2 is 2.17 bits per heavy atom. The molecule has 3 heteroatoms. The van der Waals surface area contributed by atoms with Crippen molar-refractivity contribution in [1.29, 1.82) is 0 Å². The van der Waals surface area contributed by atoms with Gasteiger partial charge in [-0.2, -0.15) is 0 Å². The normalized spacial score (nSPS) is 14.9. The summed E-state index contributed by atoms with van der Waals surface area (Å²) in [6, 6.07) is 7.77. The van der Waals surface area contributed by atoms with Crippen molar-refractivity contribution in [2.24, 2.45) is 0 Å². The maximum atomic E-state index is 5.99. The first-order valence-electron chi connectivity index (χ1n) is 3.81. The zero-order valence-corrected chi connectivity index (χ0v) is 7.25. The number of anilines is 1. The molecule has 0 saturated heterocycles. The first-order valence-corrected chi connectivity index (χ1v) is 4.19. The second kappa shape index (κ2) is 3.07. The molecule has 2 rings (SSSR count). The summed E-state index contributed by atoms with van der Waals surface area (Å²) in [5.41, 5.74) is 4.10. The number of rotatable bonds is 1. The zero-order chi connectivity index (χ0) is 8.39. The highest BCUT2D eigenvalue weighted by molar-refractivity contribution is 6.33. The van der Waals surface area contributed by atoms with Crippen molar-refractivity contribution in [3.8, 4) is 0 Å². The van der Waals surface area contributed by atoms with E-state index >= 15 is 0 Å². The van der Waals surface area contributed by atoms with Crippen LogP contribution in [0.15, 0.2) is 36.5 Å².